The van der Waals surface area contributed by atoms with E-state index in [9.17, 15) is 4.79 Å². The first-order chi connectivity index (χ1) is 7.36. The molecule has 1 unspecified atom stereocenters. The van der Waals surface area contributed by atoms with E-state index in [0.29, 0.717) is 5.92 Å². The number of carbonyl (C=O) groups excluding carboxylic acids is 1. The van der Waals surface area contributed by atoms with E-state index in [4.69, 9.17) is 0 Å². The van der Waals surface area contributed by atoms with Crippen LogP contribution in [0.4, 0.5) is 0 Å². The highest BCUT2D eigenvalue weighted by molar-refractivity contribution is 5.54. The minimum atomic E-state index is 0.163. The lowest BCUT2D eigenvalue weighted by atomic mass is 9.85. The van der Waals surface area contributed by atoms with E-state index in [1.54, 1.807) is 0 Å². The van der Waals surface area contributed by atoms with Gasteiger partial charge in [0.2, 0.25) is 0 Å². The summed E-state index contributed by atoms with van der Waals surface area (Å²) in [5.74, 6) is 2.79. The van der Waals surface area contributed by atoms with E-state index >= 15 is 0 Å². The standard InChI is InChI=1S/C11H15N3O/c15-7-8-4-5-14-10(6-8)12-11(13-14)9-2-1-3-9/h7-9H,1-6H2. The van der Waals surface area contributed by atoms with E-state index in [-0.39, 0.29) is 5.92 Å². The molecule has 1 aromatic rings. The average molecular weight is 205 g/mol. The predicted molar refractivity (Wildman–Crippen MR) is 54.5 cm³/mol. The molecular weight excluding hydrogens is 190 g/mol. The van der Waals surface area contributed by atoms with Crippen molar-refractivity contribution < 1.29 is 4.79 Å². The van der Waals surface area contributed by atoms with Gasteiger partial charge in [-0.25, -0.2) is 9.67 Å². The van der Waals surface area contributed by atoms with Crippen molar-refractivity contribution in [3.63, 3.8) is 0 Å². The summed E-state index contributed by atoms with van der Waals surface area (Å²) in [5.41, 5.74) is 0. The zero-order valence-corrected chi connectivity index (χ0v) is 8.72. The van der Waals surface area contributed by atoms with Crippen LogP contribution in [0.1, 0.15) is 43.3 Å². The summed E-state index contributed by atoms with van der Waals surface area (Å²) in [5, 5.41) is 4.53. The van der Waals surface area contributed by atoms with E-state index in [1.165, 1.54) is 19.3 Å². The SMILES string of the molecule is O=CC1CCn2nc(C3CCC3)nc2C1. The molecule has 2 aliphatic rings. The molecule has 15 heavy (non-hydrogen) atoms. The lowest BCUT2D eigenvalue weighted by Gasteiger charge is -2.21. The van der Waals surface area contributed by atoms with Gasteiger partial charge >= 0.3 is 0 Å². The van der Waals surface area contributed by atoms with Crippen LogP contribution >= 0.6 is 0 Å². The molecule has 0 bridgehead atoms. The van der Waals surface area contributed by atoms with Gasteiger partial charge in [0.05, 0.1) is 0 Å². The molecule has 1 saturated carbocycles. The van der Waals surface area contributed by atoms with Crippen LogP contribution in [0.25, 0.3) is 0 Å². The van der Waals surface area contributed by atoms with Crippen molar-refractivity contribution >= 4 is 6.29 Å². The molecule has 1 aliphatic carbocycles. The monoisotopic (exact) mass is 205 g/mol. The quantitative estimate of drug-likeness (QED) is 0.684. The molecule has 2 heterocycles. The van der Waals surface area contributed by atoms with Crippen LogP contribution in [0.5, 0.6) is 0 Å². The van der Waals surface area contributed by atoms with Crippen LogP contribution in [0.3, 0.4) is 0 Å². The van der Waals surface area contributed by atoms with Crippen molar-refractivity contribution in [1.82, 2.24) is 14.8 Å². The second-order valence-corrected chi connectivity index (χ2v) is 4.63. The highest BCUT2D eigenvalue weighted by atomic mass is 16.1. The molecule has 3 rings (SSSR count). The zero-order chi connectivity index (χ0) is 10.3. The zero-order valence-electron chi connectivity index (χ0n) is 8.72. The van der Waals surface area contributed by atoms with Crippen LogP contribution in [-0.2, 0) is 17.8 Å². The summed E-state index contributed by atoms with van der Waals surface area (Å²) in [6, 6.07) is 0. The summed E-state index contributed by atoms with van der Waals surface area (Å²) < 4.78 is 1.99. The predicted octanol–water partition coefficient (Wildman–Crippen LogP) is 1.31. The highest BCUT2D eigenvalue weighted by Gasteiger charge is 2.27. The number of aldehydes is 1. The van der Waals surface area contributed by atoms with Gasteiger partial charge in [-0.05, 0) is 19.3 Å². The molecule has 1 atom stereocenters. The molecular formula is C11H15N3O. The first-order valence-corrected chi connectivity index (χ1v) is 5.75. The second-order valence-electron chi connectivity index (χ2n) is 4.63. The normalized spacial score (nSPS) is 25.7. The highest BCUT2D eigenvalue weighted by Crippen LogP contribution is 2.35. The maximum absolute atomic E-state index is 10.7. The number of hydrogen-bond donors (Lipinski definition) is 0. The Hall–Kier alpha value is -1.19. The summed E-state index contributed by atoms with van der Waals surface area (Å²) >= 11 is 0. The topological polar surface area (TPSA) is 47.8 Å². The Morgan fingerprint density at radius 3 is 2.87 bits per heavy atom. The molecule has 1 fully saturated rings. The van der Waals surface area contributed by atoms with Crippen molar-refractivity contribution in [2.45, 2.75) is 44.6 Å². The second kappa shape index (κ2) is 3.43. The fourth-order valence-corrected chi connectivity index (χ4v) is 2.30. The molecule has 1 aromatic heterocycles. The Kier molecular flexibility index (Phi) is 2.08. The van der Waals surface area contributed by atoms with Gasteiger partial charge in [0.1, 0.15) is 12.1 Å². The summed E-state index contributed by atoms with van der Waals surface area (Å²) in [7, 11) is 0. The maximum Gasteiger partial charge on any atom is 0.154 e. The van der Waals surface area contributed by atoms with Gasteiger partial charge in [-0.15, -0.1) is 0 Å². The molecule has 0 aromatic carbocycles. The molecule has 4 nitrogen and oxygen atoms in total. The van der Waals surface area contributed by atoms with Crippen molar-refractivity contribution in [2.75, 3.05) is 0 Å². The van der Waals surface area contributed by atoms with Gasteiger partial charge < -0.3 is 4.79 Å². The minimum absolute atomic E-state index is 0.163. The molecule has 4 heteroatoms. The number of carbonyl (C=O) groups is 1. The Morgan fingerprint density at radius 2 is 2.20 bits per heavy atom. The maximum atomic E-state index is 10.7. The first kappa shape index (κ1) is 9.07. The van der Waals surface area contributed by atoms with E-state index in [1.807, 2.05) is 4.68 Å². The number of aryl methyl sites for hydroxylation is 1. The minimum Gasteiger partial charge on any atom is -0.303 e. The van der Waals surface area contributed by atoms with Crippen molar-refractivity contribution in [2.24, 2.45) is 5.92 Å². The number of nitrogens with zero attached hydrogens (tertiary/aromatic N) is 3. The summed E-state index contributed by atoms with van der Waals surface area (Å²) in [6.07, 6.45) is 6.54. The van der Waals surface area contributed by atoms with Crippen molar-refractivity contribution in [3.05, 3.63) is 11.6 Å². The van der Waals surface area contributed by atoms with Crippen LogP contribution in [0, 0.1) is 5.92 Å². The Labute approximate surface area is 88.7 Å². The summed E-state index contributed by atoms with van der Waals surface area (Å²) in [4.78, 5) is 15.3. The van der Waals surface area contributed by atoms with Crippen LogP contribution < -0.4 is 0 Å². The molecule has 1 aliphatic heterocycles. The number of hydrogen-bond acceptors (Lipinski definition) is 3. The molecule has 0 radical (unpaired) electrons. The molecule has 80 valence electrons. The van der Waals surface area contributed by atoms with Gasteiger partial charge in [0.25, 0.3) is 0 Å². The molecule has 0 amide bonds. The third-order valence-corrected chi connectivity index (χ3v) is 3.58. The average Bonchev–Trinajstić information content (AvgIpc) is 2.56. The van der Waals surface area contributed by atoms with Gasteiger partial charge in [-0.2, -0.15) is 5.10 Å². The third kappa shape index (κ3) is 1.48. The van der Waals surface area contributed by atoms with E-state index < -0.39 is 0 Å². The number of rotatable bonds is 2. The fraction of sp³-hybridized carbons (Fsp3) is 0.727. The van der Waals surface area contributed by atoms with Crippen molar-refractivity contribution in [3.8, 4) is 0 Å². The van der Waals surface area contributed by atoms with E-state index in [2.05, 4.69) is 10.1 Å². The number of aromatic nitrogens is 3. The number of fused-ring (bicyclic) bond motifs is 1. The van der Waals surface area contributed by atoms with Crippen LogP contribution in [0.15, 0.2) is 0 Å². The summed E-state index contributed by atoms with van der Waals surface area (Å²) in [6.45, 7) is 0.860. The lowest BCUT2D eigenvalue weighted by molar-refractivity contribution is -0.111. The largest absolute Gasteiger partial charge is 0.303 e. The van der Waals surface area contributed by atoms with Gasteiger partial charge in [0, 0.05) is 24.8 Å². The Morgan fingerprint density at radius 1 is 1.33 bits per heavy atom. The van der Waals surface area contributed by atoms with Crippen LogP contribution in [-0.4, -0.2) is 21.1 Å². The molecule has 0 N–H and O–H groups in total. The van der Waals surface area contributed by atoms with Crippen LogP contribution in [0.2, 0.25) is 0 Å². The van der Waals surface area contributed by atoms with Crippen molar-refractivity contribution in [1.29, 1.82) is 0 Å². The molecule has 0 saturated heterocycles. The lowest BCUT2D eigenvalue weighted by Crippen LogP contribution is -2.21. The fourth-order valence-electron chi connectivity index (χ4n) is 2.30. The first-order valence-electron chi connectivity index (χ1n) is 5.75. The van der Waals surface area contributed by atoms with Gasteiger partial charge in [0.15, 0.2) is 5.82 Å². The Balaban J connectivity index is 1.84. The molecule has 0 spiro atoms. The third-order valence-electron chi connectivity index (χ3n) is 3.58. The van der Waals surface area contributed by atoms with E-state index in [0.717, 1.165) is 37.3 Å². The van der Waals surface area contributed by atoms with Gasteiger partial charge in [-0.1, -0.05) is 6.42 Å². The van der Waals surface area contributed by atoms with Gasteiger partial charge in [-0.3, -0.25) is 0 Å². The Bertz CT molecular complexity index is 381. The smallest absolute Gasteiger partial charge is 0.154 e.